The zero-order chi connectivity index (χ0) is 50.6. The zero-order valence-electron chi connectivity index (χ0n) is 41.3. The summed E-state index contributed by atoms with van der Waals surface area (Å²) in [5.74, 6) is -1.57. The van der Waals surface area contributed by atoms with Crippen molar-refractivity contribution in [2.75, 3.05) is 52.5 Å². The number of Topliss-reactive ketones (excluding diaryl/α,β-unsaturated/α-hetero) is 1. The second-order valence-corrected chi connectivity index (χ2v) is 19.3. The maximum Gasteiger partial charge on any atom is 0.317 e. The number of aryl methyl sites for hydroxylation is 3. The Morgan fingerprint density at radius 1 is 0.871 bits per heavy atom. The Hall–Kier alpha value is -5.69. The van der Waals surface area contributed by atoms with Crippen molar-refractivity contribution in [3.05, 3.63) is 67.2 Å². The fraction of sp³-hybridized carbons (Fsp3) is 0.519. The fourth-order valence-corrected chi connectivity index (χ4v) is 11.0. The van der Waals surface area contributed by atoms with E-state index in [1.54, 1.807) is 4.90 Å². The Bertz CT molecular complexity index is 2690. The molecule has 6 N–H and O–H groups in total. The van der Waals surface area contributed by atoms with E-state index in [2.05, 4.69) is 88.6 Å². The summed E-state index contributed by atoms with van der Waals surface area (Å²) in [6, 6.07) is 3.50. The number of carbonyl (C=O) groups excluding carboxylic acids is 6. The van der Waals surface area contributed by atoms with Crippen LogP contribution in [-0.4, -0.2) is 136 Å². The minimum absolute atomic E-state index is 0.0228. The summed E-state index contributed by atoms with van der Waals surface area (Å²) in [5.41, 5.74) is 14.3. The Morgan fingerprint density at radius 2 is 1.56 bits per heavy atom. The number of carboxylic acid groups (broad SMARTS) is 1. The number of aldehydes is 3. The highest BCUT2D eigenvalue weighted by molar-refractivity contribution is 9.10. The van der Waals surface area contributed by atoms with Gasteiger partial charge in [-0.05, 0) is 115 Å². The quantitative estimate of drug-likeness (QED) is 0.0276. The third-order valence-electron chi connectivity index (χ3n) is 14.0. The number of unbranched alkanes of at least 4 members (excludes halogenated alkanes) is 3. The third kappa shape index (κ3) is 12.4. The number of amides is 2. The van der Waals surface area contributed by atoms with Crippen LogP contribution in [0.15, 0.2) is 16.6 Å². The van der Waals surface area contributed by atoms with E-state index < -0.39 is 12.0 Å². The molecule has 2 amide bonds. The molecule has 0 saturated heterocycles. The molecule has 376 valence electrons. The molecule has 0 spiro atoms. The van der Waals surface area contributed by atoms with Crippen LogP contribution in [-0.2, 0) is 41.6 Å². The molecule has 3 aromatic heterocycles. The second-order valence-electron chi connectivity index (χ2n) is 18.5. The summed E-state index contributed by atoms with van der Waals surface area (Å²) < 4.78 is 0.870. The van der Waals surface area contributed by atoms with Crippen molar-refractivity contribution in [1.82, 2.24) is 45.7 Å². The van der Waals surface area contributed by atoms with Crippen LogP contribution in [0.2, 0.25) is 0 Å². The van der Waals surface area contributed by atoms with Gasteiger partial charge in [-0.3, -0.25) is 39.3 Å². The molecule has 0 fully saturated rings. The first-order valence-electron chi connectivity index (χ1n) is 24.6. The summed E-state index contributed by atoms with van der Waals surface area (Å²) in [7, 11) is 0. The molecule has 0 aromatic carbocycles. The van der Waals surface area contributed by atoms with Crippen LogP contribution in [0.5, 0.6) is 0 Å². The highest BCUT2D eigenvalue weighted by Crippen LogP contribution is 2.47. The van der Waals surface area contributed by atoms with E-state index >= 15 is 0 Å². The van der Waals surface area contributed by atoms with Crippen molar-refractivity contribution >= 4 is 91.6 Å². The predicted octanol–water partition coefficient (Wildman–Crippen LogP) is 6.39. The number of nitrogens with zero attached hydrogens (tertiary/aromatic N) is 4. The molecule has 17 nitrogen and oxygen atoms in total. The minimum atomic E-state index is -1.11. The Morgan fingerprint density at radius 3 is 2.23 bits per heavy atom. The molecule has 18 heteroatoms. The van der Waals surface area contributed by atoms with Gasteiger partial charge in [0.1, 0.15) is 18.9 Å². The number of nitrogens with one attached hydrogen (secondary N) is 5. The number of ketones is 1. The SMILES string of the molecule is CCC1=C(C)c2cc3[nH]c(c(C)c3CC)c(Br)c3nc(c4c5[nH]c(cc1n2)c(C)c5C(=O)C4)[C@@H](CCC(=O)NCCCCCCNC(=O)C(CCN(CC=O)CN(CC=O)CC(=O)O)NCC=O)[C@@H]3C. The number of rotatable bonds is 27. The monoisotopic (exact) mass is 1030 g/mol. The van der Waals surface area contributed by atoms with Gasteiger partial charge in [-0.2, -0.15) is 0 Å². The van der Waals surface area contributed by atoms with E-state index in [1.807, 2.05) is 6.92 Å². The molecular formula is C52H68BrN9O8. The summed E-state index contributed by atoms with van der Waals surface area (Å²) in [5, 5.41) is 18.1. The normalized spacial score (nSPS) is 15.8. The zero-order valence-corrected chi connectivity index (χ0v) is 42.9. The highest BCUT2D eigenvalue weighted by atomic mass is 79.9. The number of allylic oxidation sites excluding steroid dienone is 2. The van der Waals surface area contributed by atoms with Crippen molar-refractivity contribution in [3.63, 3.8) is 0 Å². The first-order valence-corrected chi connectivity index (χ1v) is 25.4. The van der Waals surface area contributed by atoms with Gasteiger partial charge in [-0.15, -0.1) is 0 Å². The van der Waals surface area contributed by atoms with E-state index in [0.29, 0.717) is 50.4 Å². The number of hydrogen-bond donors (Lipinski definition) is 6. The minimum Gasteiger partial charge on any atom is -0.480 e. The number of aromatic amines is 2. The van der Waals surface area contributed by atoms with Crippen LogP contribution >= 0.6 is 15.9 Å². The maximum atomic E-state index is 13.8. The van der Waals surface area contributed by atoms with E-state index in [9.17, 15) is 38.7 Å². The van der Waals surface area contributed by atoms with Gasteiger partial charge in [-0.25, -0.2) is 4.98 Å². The number of halogens is 1. The van der Waals surface area contributed by atoms with Gasteiger partial charge in [0, 0.05) is 66.5 Å². The molecule has 1 aliphatic carbocycles. The molecule has 3 aliphatic rings. The van der Waals surface area contributed by atoms with Gasteiger partial charge in [-0.1, -0.05) is 33.6 Å². The summed E-state index contributed by atoms with van der Waals surface area (Å²) in [6.07, 6.45) is 7.99. The second kappa shape index (κ2) is 24.9. The molecule has 3 aromatic rings. The van der Waals surface area contributed by atoms with Crippen molar-refractivity contribution in [3.8, 4) is 0 Å². The van der Waals surface area contributed by atoms with E-state index in [1.165, 1.54) is 16.0 Å². The van der Waals surface area contributed by atoms with Crippen LogP contribution in [0, 0.1) is 13.8 Å². The lowest BCUT2D eigenvalue weighted by atomic mass is 9.85. The first kappa shape index (κ1) is 53.7. The number of carbonyl (C=O) groups is 7. The first-order chi connectivity index (χ1) is 33.6. The van der Waals surface area contributed by atoms with Gasteiger partial charge in [0.05, 0.1) is 77.2 Å². The number of aliphatic carboxylic acids is 1. The van der Waals surface area contributed by atoms with E-state index in [4.69, 9.17) is 9.97 Å². The van der Waals surface area contributed by atoms with Crippen molar-refractivity contribution in [2.24, 2.45) is 0 Å². The van der Waals surface area contributed by atoms with Crippen LogP contribution < -0.4 is 16.0 Å². The van der Waals surface area contributed by atoms with Gasteiger partial charge in [0.15, 0.2) is 5.78 Å². The molecule has 0 radical (unpaired) electrons. The summed E-state index contributed by atoms with van der Waals surface area (Å²) in [4.78, 5) is 106. The van der Waals surface area contributed by atoms with Gasteiger partial charge < -0.3 is 40.1 Å². The summed E-state index contributed by atoms with van der Waals surface area (Å²) >= 11 is 4.00. The van der Waals surface area contributed by atoms with Crippen molar-refractivity contribution in [2.45, 2.75) is 124 Å². The van der Waals surface area contributed by atoms with Gasteiger partial charge in [0.2, 0.25) is 11.8 Å². The number of aromatic nitrogens is 4. The van der Waals surface area contributed by atoms with Crippen LogP contribution in [0.3, 0.4) is 0 Å². The van der Waals surface area contributed by atoms with E-state index in [-0.39, 0.29) is 88.1 Å². The van der Waals surface area contributed by atoms with Crippen LogP contribution in [0.1, 0.15) is 146 Å². The fourth-order valence-electron chi connectivity index (χ4n) is 10.2. The highest BCUT2D eigenvalue weighted by Gasteiger charge is 2.37. The molecule has 1 unspecified atom stereocenters. The topological polar surface area (TPSA) is 240 Å². The molecule has 2 aliphatic heterocycles. The Balaban J connectivity index is 1.08. The van der Waals surface area contributed by atoms with Crippen molar-refractivity contribution < 1.29 is 38.7 Å². The molecule has 3 atom stereocenters. The lowest BCUT2D eigenvalue weighted by Crippen LogP contribution is -2.48. The number of carboxylic acids is 1. The standard InChI is InChI=1S/C52H68BrN9O8/c1-7-34-30(3)39-26-42-35(8-2)31(4)48(59-42)47(53)49-32(5)36(50(60-49)37-25-43(66)46-33(6)40(58-51(37)46)27-41(34)57-39)13-14-44(67)55-16-11-9-10-12-17-56-52(70)38(54-18-22-63)15-19-61(20-23-64)29-62(21-24-65)28-45(68)69/h22-24,26-27,32,36,38,54,58-59H,7-21,25,28-29H2,1-6H3,(H,55,67)(H,56,70)(H,68,69)/t32-,36-,38?/m0/s1. The average Bonchev–Trinajstić information content (AvgIpc) is 4.09. The van der Waals surface area contributed by atoms with Gasteiger partial charge >= 0.3 is 5.97 Å². The molecule has 8 bridgehead atoms. The maximum absolute atomic E-state index is 13.8. The third-order valence-corrected chi connectivity index (χ3v) is 14.8. The van der Waals surface area contributed by atoms with Crippen LogP contribution in [0.25, 0.3) is 33.2 Å². The smallest absolute Gasteiger partial charge is 0.317 e. The largest absolute Gasteiger partial charge is 0.480 e. The number of H-pyrrole nitrogens is 2. The molecule has 70 heavy (non-hydrogen) atoms. The Kier molecular flexibility index (Phi) is 19.1. The molecule has 6 rings (SSSR count). The van der Waals surface area contributed by atoms with Gasteiger partial charge in [0.25, 0.3) is 0 Å². The molecule has 5 heterocycles. The molecular weight excluding hydrogens is 959 g/mol. The average molecular weight is 1030 g/mol. The van der Waals surface area contributed by atoms with Crippen LogP contribution in [0.4, 0.5) is 0 Å². The van der Waals surface area contributed by atoms with E-state index in [0.717, 1.165) is 104 Å². The number of fused-ring (bicyclic) bond motifs is 8. The lowest BCUT2D eigenvalue weighted by molar-refractivity contribution is -0.139. The molecule has 0 saturated carbocycles. The van der Waals surface area contributed by atoms with Crippen molar-refractivity contribution in [1.29, 1.82) is 0 Å². The lowest BCUT2D eigenvalue weighted by Gasteiger charge is -2.28. The Labute approximate surface area is 417 Å². The summed E-state index contributed by atoms with van der Waals surface area (Å²) in [6.45, 7) is 13.3. The predicted molar refractivity (Wildman–Crippen MR) is 273 cm³/mol. The number of hydrogen-bond acceptors (Lipinski definition) is 12.